The van der Waals surface area contributed by atoms with E-state index in [1.165, 1.54) is 5.56 Å². The lowest BCUT2D eigenvalue weighted by Crippen LogP contribution is -2.42. The lowest BCUT2D eigenvalue weighted by Gasteiger charge is -2.34. The van der Waals surface area contributed by atoms with E-state index >= 15 is 0 Å². The maximum Gasteiger partial charge on any atom is 0.163 e. The van der Waals surface area contributed by atoms with Gasteiger partial charge in [0.2, 0.25) is 0 Å². The van der Waals surface area contributed by atoms with Crippen molar-refractivity contribution in [3.05, 3.63) is 141 Å². The third kappa shape index (κ3) is 7.58. The van der Waals surface area contributed by atoms with Gasteiger partial charge in [0.1, 0.15) is 5.82 Å². The van der Waals surface area contributed by atoms with Crippen molar-refractivity contribution in [2.75, 3.05) is 19.6 Å². The summed E-state index contributed by atoms with van der Waals surface area (Å²) in [5.41, 5.74) is 4.99. The average Bonchev–Trinajstić information content (AvgIpc) is 3.01. The molecule has 0 saturated carbocycles. The molecule has 0 aromatic heterocycles. The van der Waals surface area contributed by atoms with Crippen LogP contribution in [0.5, 0.6) is 0 Å². The van der Waals surface area contributed by atoms with Crippen LogP contribution in [-0.2, 0) is 6.54 Å². The zero-order valence-corrected chi connectivity index (χ0v) is 25.2. The molecular formula is C34H33BrClN5. The van der Waals surface area contributed by atoms with Crippen LogP contribution in [0.15, 0.2) is 119 Å². The summed E-state index contributed by atoms with van der Waals surface area (Å²) < 4.78 is 0.710. The van der Waals surface area contributed by atoms with Crippen molar-refractivity contribution in [2.24, 2.45) is 16.8 Å². The number of benzene rings is 3. The molecule has 3 aromatic rings. The van der Waals surface area contributed by atoms with Crippen LogP contribution in [0.4, 0.5) is 0 Å². The van der Waals surface area contributed by atoms with E-state index in [0.29, 0.717) is 21.2 Å². The summed E-state index contributed by atoms with van der Waals surface area (Å²) in [6, 6.07) is 26.4. The van der Waals surface area contributed by atoms with Crippen LogP contribution in [0.1, 0.15) is 35.1 Å². The lowest BCUT2D eigenvalue weighted by atomic mass is 9.96. The number of hydrogen-bond donors (Lipinski definition) is 2. The largest absolute Gasteiger partial charge is 0.370 e. The minimum atomic E-state index is 0.550. The fourth-order valence-electron chi connectivity index (χ4n) is 4.93. The third-order valence-electron chi connectivity index (χ3n) is 7.29. The molecule has 5 nitrogen and oxygen atoms in total. The lowest BCUT2D eigenvalue weighted by molar-refractivity contribution is 0.175. The number of halogens is 2. The summed E-state index contributed by atoms with van der Waals surface area (Å²) in [6.07, 6.45) is 5.89. The number of piperidine rings is 1. The Kier molecular flexibility index (Phi) is 9.76. The fourth-order valence-corrected chi connectivity index (χ4v) is 5.44. The molecule has 0 amide bonds. The standard InChI is InChI=1S/C34H33BrClN5/c1-2-30(35)34-39-32(29-10-6-7-11-31(29)36)22-33(41(34)37)38-23-27-18-20-40(21-19-27)24-28-16-14-26(15-17-28)13-12-25-8-4-3-5-9-25/h2-11,14-17,22,27,38H,1,18-21,23-24,37H2/b34-30+. The number of nitrogens with two attached hydrogens (primary N) is 1. The summed E-state index contributed by atoms with van der Waals surface area (Å²) in [6.45, 7) is 7.77. The van der Waals surface area contributed by atoms with E-state index in [1.54, 1.807) is 11.1 Å². The highest BCUT2D eigenvalue weighted by Crippen LogP contribution is 2.27. The smallest absolute Gasteiger partial charge is 0.163 e. The second-order valence-electron chi connectivity index (χ2n) is 10.2. The Bertz CT molecular complexity index is 1520. The van der Waals surface area contributed by atoms with Gasteiger partial charge in [0.05, 0.1) is 10.2 Å². The van der Waals surface area contributed by atoms with Gasteiger partial charge in [0, 0.05) is 40.9 Å². The zero-order valence-electron chi connectivity index (χ0n) is 22.9. The molecule has 1 saturated heterocycles. The molecule has 0 radical (unpaired) electrons. The highest BCUT2D eigenvalue weighted by atomic mass is 79.9. The Labute approximate surface area is 256 Å². The Morgan fingerprint density at radius 2 is 1.66 bits per heavy atom. The number of nitrogens with one attached hydrogen (secondary N) is 1. The highest BCUT2D eigenvalue weighted by Gasteiger charge is 2.24. The van der Waals surface area contributed by atoms with Gasteiger partial charge in [-0.15, -0.1) is 0 Å². The zero-order chi connectivity index (χ0) is 28.6. The van der Waals surface area contributed by atoms with E-state index in [2.05, 4.69) is 68.8 Å². The molecule has 2 aliphatic rings. The van der Waals surface area contributed by atoms with E-state index in [4.69, 9.17) is 22.4 Å². The van der Waals surface area contributed by atoms with Crippen LogP contribution in [0.2, 0.25) is 5.02 Å². The molecule has 3 aromatic carbocycles. The van der Waals surface area contributed by atoms with Crippen molar-refractivity contribution in [2.45, 2.75) is 19.4 Å². The van der Waals surface area contributed by atoms with Crippen LogP contribution in [0, 0.1) is 17.8 Å². The van der Waals surface area contributed by atoms with Gasteiger partial charge in [-0.3, -0.25) is 4.90 Å². The van der Waals surface area contributed by atoms with Gasteiger partial charge >= 0.3 is 0 Å². The molecule has 0 bridgehead atoms. The topological polar surface area (TPSA) is 56.9 Å². The molecular weight excluding hydrogens is 594 g/mol. The first-order chi connectivity index (χ1) is 20.0. The number of nitrogens with zero attached hydrogens (tertiary/aromatic N) is 3. The van der Waals surface area contributed by atoms with E-state index < -0.39 is 0 Å². The fraction of sp³-hybridized carbons (Fsp3) is 0.206. The summed E-state index contributed by atoms with van der Waals surface area (Å²) in [5.74, 6) is 14.9. The molecule has 3 N–H and O–H groups in total. The molecule has 7 heteroatoms. The van der Waals surface area contributed by atoms with Gasteiger partial charge in [0.15, 0.2) is 5.82 Å². The molecule has 208 valence electrons. The van der Waals surface area contributed by atoms with Gasteiger partial charge in [-0.1, -0.05) is 84.6 Å². The van der Waals surface area contributed by atoms with Crippen LogP contribution >= 0.6 is 27.5 Å². The monoisotopic (exact) mass is 625 g/mol. The summed E-state index contributed by atoms with van der Waals surface area (Å²) in [5, 5.41) is 5.79. The number of likely N-dealkylation sites (tertiary alicyclic amines) is 1. The summed E-state index contributed by atoms with van der Waals surface area (Å²) >= 11 is 10.0. The molecule has 1 fully saturated rings. The Balaban J connectivity index is 1.16. The predicted octanol–water partition coefficient (Wildman–Crippen LogP) is 6.81. The van der Waals surface area contributed by atoms with Gasteiger partial charge in [-0.2, -0.15) is 0 Å². The van der Waals surface area contributed by atoms with Gasteiger partial charge < -0.3 is 5.32 Å². The molecule has 0 unspecified atom stereocenters. The van der Waals surface area contributed by atoms with Crippen LogP contribution in [0.25, 0.3) is 0 Å². The van der Waals surface area contributed by atoms with Crippen molar-refractivity contribution >= 4 is 33.2 Å². The Morgan fingerprint density at radius 3 is 2.34 bits per heavy atom. The van der Waals surface area contributed by atoms with E-state index in [0.717, 1.165) is 67.2 Å². The maximum absolute atomic E-state index is 6.48. The maximum atomic E-state index is 6.48. The normalized spacial score (nSPS) is 17.2. The first-order valence-corrected chi connectivity index (χ1v) is 14.9. The van der Waals surface area contributed by atoms with Crippen molar-refractivity contribution in [1.29, 1.82) is 0 Å². The first kappa shape index (κ1) is 28.9. The summed E-state index contributed by atoms with van der Waals surface area (Å²) in [7, 11) is 0. The molecule has 2 heterocycles. The SMILES string of the molecule is C=C/C(Br)=C1/N=C(c2ccccc2Cl)C=C(NCC2CCN(Cc3ccc(C#Cc4ccccc4)cc3)CC2)N1N. The van der Waals surface area contributed by atoms with Crippen molar-refractivity contribution in [3.8, 4) is 11.8 Å². The highest BCUT2D eigenvalue weighted by molar-refractivity contribution is 9.11. The summed E-state index contributed by atoms with van der Waals surface area (Å²) in [4.78, 5) is 7.28. The number of allylic oxidation sites excluding steroid dienone is 3. The predicted molar refractivity (Wildman–Crippen MR) is 173 cm³/mol. The van der Waals surface area contributed by atoms with Crippen molar-refractivity contribution < 1.29 is 0 Å². The number of rotatable bonds is 7. The minimum Gasteiger partial charge on any atom is -0.370 e. The second-order valence-corrected chi connectivity index (χ2v) is 11.4. The minimum absolute atomic E-state index is 0.550. The van der Waals surface area contributed by atoms with E-state index in [9.17, 15) is 0 Å². The average molecular weight is 627 g/mol. The Morgan fingerprint density at radius 1 is 1.00 bits per heavy atom. The van der Waals surface area contributed by atoms with Crippen molar-refractivity contribution in [3.63, 3.8) is 0 Å². The second kappa shape index (κ2) is 13.8. The molecule has 0 aliphatic carbocycles. The number of hydrogen-bond acceptors (Lipinski definition) is 5. The number of hydrazine groups is 1. The molecule has 0 atom stereocenters. The quantitative estimate of drug-likeness (QED) is 0.224. The molecule has 2 aliphatic heterocycles. The third-order valence-corrected chi connectivity index (χ3v) is 8.30. The van der Waals surface area contributed by atoms with Crippen LogP contribution < -0.4 is 11.2 Å². The Hall–Kier alpha value is -3.60. The van der Waals surface area contributed by atoms with E-state index in [-0.39, 0.29) is 0 Å². The first-order valence-electron chi connectivity index (χ1n) is 13.7. The van der Waals surface area contributed by atoms with Gasteiger partial charge in [0.25, 0.3) is 0 Å². The van der Waals surface area contributed by atoms with Crippen LogP contribution in [-0.4, -0.2) is 35.3 Å². The van der Waals surface area contributed by atoms with Crippen molar-refractivity contribution in [1.82, 2.24) is 15.2 Å². The molecule has 0 spiro atoms. The molecule has 5 rings (SSSR count). The number of aliphatic imine (C=N–C) groups is 1. The van der Waals surface area contributed by atoms with Gasteiger partial charge in [-0.25, -0.2) is 15.8 Å². The van der Waals surface area contributed by atoms with Crippen LogP contribution in [0.3, 0.4) is 0 Å². The van der Waals surface area contributed by atoms with Gasteiger partial charge in [-0.05, 0) is 83.7 Å². The molecule has 41 heavy (non-hydrogen) atoms. The van der Waals surface area contributed by atoms with E-state index in [1.807, 2.05) is 60.7 Å².